The molecular formula is C29H34ClN6O7P. The van der Waals surface area contributed by atoms with Crippen molar-refractivity contribution in [2.75, 3.05) is 12.3 Å². The molecule has 234 valence electrons. The van der Waals surface area contributed by atoms with E-state index in [4.69, 9.17) is 35.9 Å². The van der Waals surface area contributed by atoms with Crippen molar-refractivity contribution in [2.45, 2.75) is 57.8 Å². The Labute approximate surface area is 259 Å². The smallest absolute Gasteiger partial charge is 0.459 e. The standard InChI is InChI=1S/C29H34ClN6O7P/c1-18(2)13-21(28(38)40-16-19-9-5-3-6-10-19)35-44(39,42-20-11-7-4-8-12-20)43-22-14-24(41-23(22)15-37)36-17-32-25-26(31)33-29(30)34-27(25)36/h3-12,17-18,21-24,37H,13-16H2,1-2H3,(H,35,39)(H2,31,33,34)/t21-,22+,23?,24+,44?/m0/s1. The molecule has 1 fully saturated rings. The molecule has 4 N–H and O–H groups in total. The van der Waals surface area contributed by atoms with E-state index in [1.54, 1.807) is 34.9 Å². The number of nitrogens with one attached hydrogen (secondary N) is 1. The molecule has 0 spiro atoms. The average molecular weight is 645 g/mol. The SMILES string of the molecule is CC(C)C[C@H](NP(=O)(Oc1ccccc1)O[C@@H]1C[C@H](n2cnc3c(N)nc(Cl)nc32)OC1CO)C(=O)OCc1ccccc1. The number of benzene rings is 2. The molecule has 13 nitrogen and oxygen atoms in total. The molecule has 1 saturated heterocycles. The monoisotopic (exact) mass is 644 g/mol. The molecule has 0 saturated carbocycles. The van der Waals surface area contributed by atoms with Crippen LogP contribution in [0.25, 0.3) is 11.2 Å². The average Bonchev–Trinajstić information content (AvgIpc) is 3.60. The number of nitrogen functional groups attached to an aromatic ring is 1. The summed E-state index contributed by atoms with van der Waals surface area (Å²) in [5, 5.41) is 13.0. The highest BCUT2D eigenvalue weighted by atomic mass is 35.5. The number of rotatable bonds is 13. The third-order valence-corrected chi connectivity index (χ3v) is 8.66. The first-order chi connectivity index (χ1) is 21.1. The number of nitrogens with two attached hydrogens (primary N) is 1. The molecule has 0 amide bonds. The van der Waals surface area contributed by atoms with Crippen LogP contribution in [-0.4, -0.2) is 55.5 Å². The Morgan fingerprint density at radius 2 is 1.89 bits per heavy atom. The summed E-state index contributed by atoms with van der Waals surface area (Å²) in [4.78, 5) is 25.7. The van der Waals surface area contributed by atoms with Crippen LogP contribution in [0, 0.1) is 5.92 Å². The number of halogens is 1. The third kappa shape index (κ3) is 7.73. The summed E-state index contributed by atoms with van der Waals surface area (Å²) >= 11 is 6.03. The van der Waals surface area contributed by atoms with Crippen molar-refractivity contribution < 1.29 is 33.0 Å². The van der Waals surface area contributed by atoms with Gasteiger partial charge in [0.1, 0.15) is 42.4 Å². The minimum absolute atomic E-state index is 0.0297. The van der Waals surface area contributed by atoms with Crippen molar-refractivity contribution in [1.82, 2.24) is 24.6 Å². The van der Waals surface area contributed by atoms with Gasteiger partial charge in [-0.3, -0.25) is 13.9 Å². The highest BCUT2D eigenvalue weighted by Crippen LogP contribution is 2.50. The normalized spacial score (nSPS) is 20.4. The maximum absolute atomic E-state index is 14.5. The molecule has 2 unspecified atom stereocenters. The van der Waals surface area contributed by atoms with Crippen molar-refractivity contribution in [2.24, 2.45) is 5.92 Å². The Morgan fingerprint density at radius 3 is 2.57 bits per heavy atom. The van der Waals surface area contributed by atoms with E-state index in [1.807, 2.05) is 44.2 Å². The lowest BCUT2D eigenvalue weighted by Gasteiger charge is -2.28. The van der Waals surface area contributed by atoms with Gasteiger partial charge in [0.05, 0.1) is 12.9 Å². The molecule has 2 aromatic carbocycles. The molecule has 15 heteroatoms. The topological polar surface area (TPSA) is 173 Å². The largest absolute Gasteiger partial charge is 0.460 e. The molecule has 5 rings (SSSR count). The summed E-state index contributed by atoms with van der Waals surface area (Å²) in [5.74, 6) is -0.227. The number of ether oxygens (including phenoxy) is 2. The number of imidazole rings is 1. The lowest BCUT2D eigenvalue weighted by Crippen LogP contribution is -2.40. The fourth-order valence-electron chi connectivity index (χ4n) is 4.84. The quantitative estimate of drug-likeness (QED) is 0.104. The molecule has 1 aliphatic rings. The fourth-order valence-corrected chi connectivity index (χ4v) is 6.74. The molecule has 5 atom stereocenters. The van der Waals surface area contributed by atoms with Gasteiger partial charge in [-0.1, -0.05) is 62.4 Å². The Kier molecular flexibility index (Phi) is 10.1. The second-order valence-corrected chi connectivity index (χ2v) is 12.7. The Balaban J connectivity index is 1.39. The first-order valence-electron chi connectivity index (χ1n) is 14.1. The molecule has 3 heterocycles. The molecule has 4 aromatic rings. The summed E-state index contributed by atoms with van der Waals surface area (Å²) in [6, 6.07) is 16.7. The molecule has 2 aromatic heterocycles. The molecule has 0 radical (unpaired) electrons. The van der Waals surface area contributed by atoms with E-state index in [0.717, 1.165) is 5.56 Å². The maximum Gasteiger partial charge on any atom is 0.459 e. The van der Waals surface area contributed by atoms with Crippen LogP contribution in [0.4, 0.5) is 5.82 Å². The molecule has 44 heavy (non-hydrogen) atoms. The van der Waals surface area contributed by atoms with Gasteiger partial charge in [0.2, 0.25) is 5.28 Å². The van der Waals surface area contributed by atoms with Crippen LogP contribution in [-0.2, 0) is 30.0 Å². The Morgan fingerprint density at radius 1 is 1.18 bits per heavy atom. The zero-order chi connectivity index (χ0) is 31.3. The summed E-state index contributed by atoms with van der Waals surface area (Å²) in [6.45, 7) is 3.45. The van der Waals surface area contributed by atoms with Gasteiger partial charge in [-0.2, -0.15) is 15.1 Å². The fraction of sp³-hybridized carbons (Fsp3) is 0.379. The van der Waals surface area contributed by atoms with Gasteiger partial charge in [0.25, 0.3) is 0 Å². The second kappa shape index (κ2) is 14.0. The highest BCUT2D eigenvalue weighted by Gasteiger charge is 2.44. The predicted molar refractivity (Wildman–Crippen MR) is 163 cm³/mol. The first-order valence-corrected chi connectivity index (χ1v) is 16.0. The van der Waals surface area contributed by atoms with E-state index in [0.29, 0.717) is 11.2 Å². The van der Waals surface area contributed by atoms with E-state index in [-0.39, 0.29) is 42.2 Å². The third-order valence-electron chi connectivity index (χ3n) is 6.86. The number of aliphatic hydroxyl groups is 1. The van der Waals surface area contributed by atoms with Crippen LogP contribution in [0.1, 0.15) is 38.5 Å². The van der Waals surface area contributed by atoms with E-state index in [2.05, 4.69) is 20.0 Å². The van der Waals surface area contributed by atoms with Crippen molar-refractivity contribution in [1.29, 1.82) is 0 Å². The zero-order valence-electron chi connectivity index (χ0n) is 24.2. The van der Waals surface area contributed by atoms with Crippen molar-refractivity contribution >= 4 is 42.3 Å². The summed E-state index contributed by atoms with van der Waals surface area (Å²) in [7, 11) is -4.30. The lowest BCUT2D eigenvalue weighted by molar-refractivity contribution is -0.147. The van der Waals surface area contributed by atoms with Crippen molar-refractivity contribution in [3.63, 3.8) is 0 Å². The van der Waals surface area contributed by atoms with E-state index < -0.39 is 44.8 Å². The molecule has 0 bridgehead atoms. The van der Waals surface area contributed by atoms with Crippen LogP contribution in [0.2, 0.25) is 5.28 Å². The van der Waals surface area contributed by atoms with Gasteiger partial charge in [-0.05, 0) is 41.6 Å². The number of carbonyl (C=O) groups excluding carboxylic acids is 1. The van der Waals surface area contributed by atoms with E-state index in [9.17, 15) is 14.5 Å². The van der Waals surface area contributed by atoms with E-state index >= 15 is 0 Å². The Bertz CT molecular complexity index is 1610. The summed E-state index contributed by atoms with van der Waals surface area (Å²) < 4.78 is 39.8. The summed E-state index contributed by atoms with van der Waals surface area (Å²) in [5.41, 5.74) is 7.41. The molecule has 0 aliphatic carbocycles. The number of aromatic nitrogens is 4. The van der Waals surface area contributed by atoms with Gasteiger partial charge < -0.3 is 24.8 Å². The number of hydrogen-bond acceptors (Lipinski definition) is 11. The number of fused-ring (bicyclic) bond motifs is 1. The van der Waals surface area contributed by atoms with Crippen LogP contribution in [0.5, 0.6) is 5.75 Å². The maximum atomic E-state index is 14.5. The highest BCUT2D eigenvalue weighted by molar-refractivity contribution is 7.52. The van der Waals surface area contributed by atoms with Crippen molar-refractivity contribution in [3.05, 3.63) is 77.8 Å². The predicted octanol–water partition coefficient (Wildman–Crippen LogP) is 4.66. The number of carbonyl (C=O) groups is 1. The molecular weight excluding hydrogens is 611 g/mol. The van der Waals surface area contributed by atoms with Gasteiger partial charge in [-0.25, -0.2) is 9.55 Å². The number of aliphatic hydroxyl groups excluding tert-OH is 1. The van der Waals surface area contributed by atoms with Crippen LogP contribution < -0.4 is 15.3 Å². The zero-order valence-corrected chi connectivity index (χ0v) is 25.8. The number of para-hydroxylation sites is 1. The molecule has 1 aliphatic heterocycles. The first kappa shape index (κ1) is 31.8. The van der Waals surface area contributed by atoms with Crippen LogP contribution >= 0.6 is 19.3 Å². The number of nitrogens with zero attached hydrogens (tertiary/aromatic N) is 4. The van der Waals surface area contributed by atoms with Gasteiger partial charge >= 0.3 is 13.7 Å². The van der Waals surface area contributed by atoms with E-state index in [1.165, 1.54) is 6.33 Å². The van der Waals surface area contributed by atoms with Gasteiger partial charge in [0, 0.05) is 6.42 Å². The van der Waals surface area contributed by atoms with Crippen LogP contribution in [0.15, 0.2) is 67.0 Å². The number of hydrogen-bond donors (Lipinski definition) is 3. The number of anilines is 1. The minimum Gasteiger partial charge on any atom is -0.460 e. The van der Waals surface area contributed by atoms with Gasteiger partial charge in [0.15, 0.2) is 11.5 Å². The minimum atomic E-state index is -4.30. The lowest BCUT2D eigenvalue weighted by atomic mass is 10.1. The van der Waals surface area contributed by atoms with Gasteiger partial charge in [-0.15, -0.1) is 0 Å². The van der Waals surface area contributed by atoms with Crippen molar-refractivity contribution in [3.8, 4) is 5.75 Å². The number of esters is 1. The second-order valence-electron chi connectivity index (χ2n) is 10.7. The summed E-state index contributed by atoms with van der Waals surface area (Å²) in [6.07, 6.45) is -0.702. The van der Waals surface area contributed by atoms with Crippen LogP contribution in [0.3, 0.4) is 0 Å². The Hall–Kier alpha value is -3.58.